The lowest BCUT2D eigenvalue weighted by molar-refractivity contribution is 0.521. The summed E-state index contributed by atoms with van der Waals surface area (Å²) in [4.78, 5) is 0. The third-order valence-corrected chi connectivity index (χ3v) is 5.25. The third-order valence-electron chi connectivity index (χ3n) is 2.67. The maximum absolute atomic E-state index is 11.5. The molecule has 0 aromatic heterocycles. The van der Waals surface area contributed by atoms with E-state index >= 15 is 0 Å². The van der Waals surface area contributed by atoms with E-state index in [0.29, 0.717) is 0 Å². The molecule has 1 aliphatic heterocycles. The molecule has 0 saturated carbocycles. The fraction of sp³-hybridized carbons (Fsp3) is 0.400. The normalized spacial score (nSPS) is 30.8. The zero-order valence-electron chi connectivity index (χ0n) is 7.47. The van der Waals surface area contributed by atoms with Gasteiger partial charge in [0.25, 0.3) is 0 Å². The molecule has 2 nitrogen and oxygen atoms in total. The Kier molecular flexibility index (Phi) is 1.91. The molecule has 0 N–H and O–H groups in total. The third kappa shape index (κ3) is 1.27. The molecule has 2 atom stereocenters. The predicted octanol–water partition coefficient (Wildman–Crippen LogP) is 1.93. The average molecular weight is 196 g/mol. The Bertz CT molecular complexity index is 394. The summed E-state index contributed by atoms with van der Waals surface area (Å²) in [5, 5.41) is -0.401. The standard InChI is InChI=1S/C10H12O2S/c1-8-7-10(13(8,11)12)9-5-3-2-4-6-9/h2-6,8,10H,7H2,1H3/t8-,10+/m1/s1. The maximum atomic E-state index is 11.5. The summed E-state index contributed by atoms with van der Waals surface area (Å²) in [7, 11) is -2.85. The van der Waals surface area contributed by atoms with E-state index in [9.17, 15) is 8.42 Å². The molecule has 0 radical (unpaired) electrons. The summed E-state index contributed by atoms with van der Waals surface area (Å²) < 4.78 is 23.1. The van der Waals surface area contributed by atoms with Gasteiger partial charge in [0.2, 0.25) is 0 Å². The average Bonchev–Trinajstić information content (AvgIpc) is 2.15. The lowest BCUT2D eigenvalue weighted by Gasteiger charge is -2.32. The van der Waals surface area contributed by atoms with E-state index in [0.717, 1.165) is 12.0 Å². The Morgan fingerprint density at radius 1 is 1.23 bits per heavy atom. The van der Waals surface area contributed by atoms with Crippen LogP contribution in [0, 0.1) is 0 Å². The van der Waals surface area contributed by atoms with Gasteiger partial charge in [-0.25, -0.2) is 8.42 Å². The Balaban J connectivity index is 2.33. The molecule has 2 rings (SSSR count). The molecular formula is C10H12O2S. The van der Waals surface area contributed by atoms with Gasteiger partial charge in [-0.05, 0) is 18.9 Å². The first kappa shape index (κ1) is 8.75. The molecule has 1 heterocycles. The topological polar surface area (TPSA) is 34.1 Å². The lowest BCUT2D eigenvalue weighted by atomic mass is 10.1. The van der Waals surface area contributed by atoms with Gasteiger partial charge < -0.3 is 0 Å². The predicted molar refractivity (Wildman–Crippen MR) is 52.2 cm³/mol. The van der Waals surface area contributed by atoms with Crippen LogP contribution in [-0.4, -0.2) is 13.7 Å². The summed E-state index contributed by atoms with van der Waals surface area (Å²) in [5.41, 5.74) is 0.931. The minimum absolute atomic E-state index is 0.155. The highest BCUT2D eigenvalue weighted by atomic mass is 32.2. The monoisotopic (exact) mass is 196 g/mol. The van der Waals surface area contributed by atoms with Crippen LogP contribution in [-0.2, 0) is 9.84 Å². The first-order chi connectivity index (χ1) is 6.12. The number of benzene rings is 1. The minimum atomic E-state index is -2.85. The van der Waals surface area contributed by atoms with Crippen LogP contribution in [0.25, 0.3) is 0 Å². The van der Waals surface area contributed by atoms with E-state index in [4.69, 9.17) is 0 Å². The van der Waals surface area contributed by atoms with Crippen LogP contribution in [0.1, 0.15) is 24.2 Å². The van der Waals surface area contributed by atoms with Crippen molar-refractivity contribution in [2.75, 3.05) is 0 Å². The number of rotatable bonds is 1. The molecule has 0 aliphatic carbocycles. The van der Waals surface area contributed by atoms with Gasteiger partial charge in [0.05, 0.1) is 10.5 Å². The van der Waals surface area contributed by atoms with Crippen LogP contribution in [0.15, 0.2) is 30.3 Å². The van der Waals surface area contributed by atoms with Crippen LogP contribution in [0.2, 0.25) is 0 Å². The summed E-state index contributed by atoms with van der Waals surface area (Å²) in [5.74, 6) is 0. The van der Waals surface area contributed by atoms with Crippen molar-refractivity contribution in [3.63, 3.8) is 0 Å². The Morgan fingerprint density at radius 3 is 2.31 bits per heavy atom. The molecule has 0 unspecified atom stereocenters. The Morgan fingerprint density at radius 2 is 1.85 bits per heavy atom. The molecule has 70 valence electrons. The highest BCUT2D eigenvalue weighted by molar-refractivity contribution is 7.93. The number of hydrogen-bond acceptors (Lipinski definition) is 2. The van der Waals surface area contributed by atoms with Crippen molar-refractivity contribution in [3.8, 4) is 0 Å². The molecule has 1 aromatic rings. The Hall–Kier alpha value is -0.830. The second kappa shape index (κ2) is 2.84. The van der Waals surface area contributed by atoms with Crippen molar-refractivity contribution in [3.05, 3.63) is 35.9 Å². The highest BCUT2D eigenvalue weighted by Crippen LogP contribution is 2.41. The zero-order valence-corrected chi connectivity index (χ0v) is 8.29. The van der Waals surface area contributed by atoms with Crippen molar-refractivity contribution < 1.29 is 8.42 Å². The first-order valence-electron chi connectivity index (χ1n) is 4.40. The van der Waals surface area contributed by atoms with Crippen LogP contribution in [0.5, 0.6) is 0 Å². The minimum Gasteiger partial charge on any atom is -0.228 e. The van der Waals surface area contributed by atoms with Crippen LogP contribution in [0.4, 0.5) is 0 Å². The van der Waals surface area contributed by atoms with E-state index in [-0.39, 0.29) is 10.5 Å². The maximum Gasteiger partial charge on any atom is 0.159 e. The molecular weight excluding hydrogens is 184 g/mol. The molecule has 0 spiro atoms. The molecule has 1 saturated heterocycles. The van der Waals surface area contributed by atoms with Crippen molar-refractivity contribution in [2.24, 2.45) is 0 Å². The lowest BCUT2D eigenvalue weighted by Crippen LogP contribution is -2.37. The number of hydrogen-bond donors (Lipinski definition) is 0. The van der Waals surface area contributed by atoms with Gasteiger partial charge in [0, 0.05) is 0 Å². The molecule has 1 aliphatic rings. The van der Waals surface area contributed by atoms with E-state index in [1.807, 2.05) is 30.3 Å². The van der Waals surface area contributed by atoms with Gasteiger partial charge in [-0.1, -0.05) is 30.3 Å². The van der Waals surface area contributed by atoms with Crippen molar-refractivity contribution >= 4 is 9.84 Å². The van der Waals surface area contributed by atoms with Gasteiger partial charge in [-0.15, -0.1) is 0 Å². The molecule has 1 aromatic carbocycles. The molecule has 3 heteroatoms. The summed E-state index contributed by atoms with van der Waals surface area (Å²) in [6.07, 6.45) is 0.770. The van der Waals surface area contributed by atoms with Crippen LogP contribution in [0.3, 0.4) is 0 Å². The molecule has 13 heavy (non-hydrogen) atoms. The molecule has 1 fully saturated rings. The zero-order chi connectivity index (χ0) is 9.47. The van der Waals surface area contributed by atoms with E-state index < -0.39 is 9.84 Å². The van der Waals surface area contributed by atoms with Crippen molar-refractivity contribution in [1.82, 2.24) is 0 Å². The van der Waals surface area contributed by atoms with Crippen molar-refractivity contribution in [1.29, 1.82) is 0 Å². The molecule has 0 bridgehead atoms. The first-order valence-corrected chi connectivity index (χ1v) is 6.01. The fourth-order valence-corrected chi connectivity index (χ4v) is 3.48. The second-order valence-electron chi connectivity index (χ2n) is 3.53. The largest absolute Gasteiger partial charge is 0.228 e. The van der Waals surface area contributed by atoms with Crippen molar-refractivity contribution in [2.45, 2.75) is 23.8 Å². The van der Waals surface area contributed by atoms with E-state index in [1.165, 1.54) is 0 Å². The second-order valence-corrected chi connectivity index (χ2v) is 6.09. The quantitative estimate of drug-likeness (QED) is 0.687. The van der Waals surface area contributed by atoms with Gasteiger partial charge in [0.1, 0.15) is 0 Å². The van der Waals surface area contributed by atoms with Gasteiger partial charge >= 0.3 is 0 Å². The van der Waals surface area contributed by atoms with Crippen LogP contribution >= 0.6 is 0 Å². The SMILES string of the molecule is C[C@@H]1C[C@@H](c2ccccc2)S1(=O)=O. The Labute approximate surface area is 78.5 Å². The van der Waals surface area contributed by atoms with Crippen LogP contribution < -0.4 is 0 Å². The van der Waals surface area contributed by atoms with Gasteiger partial charge in [-0.3, -0.25) is 0 Å². The summed E-state index contributed by atoms with van der Waals surface area (Å²) in [6.45, 7) is 1.77. The highest BCUT2D eigenvalue weighted by Gasteiger charge is 2.43. The van der Waals surface area contributed by atoms with Gasteiger partial charge in [-0.2, -0.15) is 0 Å². The van der Waals surface area contributed by atoms with E-state index in [2.05, 4.69) is 0 Å². The number of sulfone groups is 1. The van der Waals surface area contributed by atoms with Gasteiger partial charge in [0.15, 0.2) is 9.84 Å². The molecule has 0 amide bonds. The smallest absolute Gasteiger partial charge is 0.159 e. The summed E-state index contributed by atoms with van der Waals surface area (Å²) in [6, 6.07) is 9.43. The summed E-state index contributed by atoms with van der Waals surface area (Å²) >= 11 is 0. The van der Waals surface area contributed by atoms with E-state index in [1.54, 1.807) is 6.92 Å². The fourth-order valence-electron chi connectivity index (χ4n) is 1.72.